The quantitative estimate of drug-likeness (QED) is 0.157. The number of non-ortho nitro benzene ring substituents is 1. The maximum absolute atomic E-state index is 13.0. The molecule has 3 aromatic carbocycles. The Bertz CT molecular complexity index is 1530. The second-order valence-electron chi connectivity index (χ2n) is 8.65. The molecule has 12 heteroatoms. The van der Waals surface area contributed by atoms with Crippen molar-refractivity contribution in [2.24, 2.45) is 0 Å². The smallest absolute Gasteiger partial charge is 0.294 e. The fraction of sp³-hybridized carbons (Fsp3) is 0.179. The Morgan fingerprint density at radius 1 is 1.10 bits per heavy atom. The number of hydrogen-bond donors (Lipinski definition) is 1. The lowest BCUT2D eigenvalue weighted by atomic mass is 10.1. The maximum atomic E-state index is 13.0. The van der Waals surface area contributed by atoms with Gasteiger partial charge in [0.25, 0.3) is 16.8 Å². The van der Waals surface area contributed by atoms with Crippen molar-refractivity contribution in [3.8, 4) is 11.5 Å². The van der Waals surface area contributed by atoms with E-state index in [9.17, 15) is 24.5 Å². The van der Waals surface area contributed by atoms with Crippen LogP contribution in [0.25, 0.3) is 6.08 Å². The normalized spacial score (nSPS) is 14.0. The van der Waals surface area contributed by atoms with Gasteiger partial charge < -0.3 is 14.8 Å². The van der Waals surface area contributed by atoms with Crippen molar-refractivity contribution in [1.82, 2.24) is 4.90 Å². The number of hydrogen-bond acceptors (Lipinski definition) is 8. The van der Waals surface area contributed by atoms with E-state index >= 15 is 0 Å². The Kier molecular flexibility index (Phi) is 9.22. The molecule has 0 atom stereocenters. The highest BCUT2D eigenvalue weighted by Gasteiger charge is 2.36. The van der Waals surface area contributed by atoms with Gasteiger partial charge in [-0.1, -0.05) is 40.2 Å². The van der Waals surface area contributed by atoms with E-state index in [1.165, 1.54) is 12.1 Å². The highest BCUT2D eigenvalue weighted by molar-refractivity contribution is 9.10. The molecule has 3 amide bonds. The zero-order valence-electron chi connectivity index (χ0n) is 21.5. The molecular formula is C28H24BrN3O7S. The van der Waals surface area contributed by atoms with E-state index < -0.39 is 28.5 Å². The van der Waals surface area contributed by atoms with Crippen molar-refractivity contribution < 1.29 is 28.8 Å². The molecule has 3 aromatic rings. The highest BCUT2D eigenvalue weighted by atomic mass is 79.9. The van der Waals surface area contributed by atoms with Gasteiger partial charge >= 0.3 is 0 Å². The molecule has 0 radical (unpaired) electrons. The molecule has 0 bridgehead atoms. The van der Waals surface area contributed by atoms with E-state index in [0.717, 1.165) is 22.2 Å². The van der Waals surface area contributed by atoms with Crippen LogP contribution in [-0.4, -0.2) is 40.0 Å². The van der Waals surface area contributed by atoms with Crippen molar-refractivity contribution >= 4 is 62.2 Å². The summed E-state index contributed by atoms with van der Waals surface area (Å²) in [6, 6.07) is 16.7. The summed E-state index contributed by atoms with van der Waals surface area (Å²) >= 11 is 4.22. The van der Waals surface area contributed by atoms with Crippen LogP contribution in [0.4, 0.5) is 16.2 Å². The van der Waals surface area contributed by atoms with Crippen LogP contribution in [0.15, 0.2) is 70.0 Å². The second kappa shape index (κ2) is 12.8. The Hall–Kier alpha value is -4.16. The van der Waals surface area contributed by atoms with E-state index in [1.54, 1.807) is 55.5 Å². The first-order chi connectivity index (χ1) is 19.1. The number of nitrogens with zero attached hydrogens (tertiary/aromatic N) is 2. The summed E-state index contributed by atoms with van der Waals surface area (Å²) in [6.45, 7) is 3.69. The average molecular weight is 626 g/mol. The summed E-state index contributed by atoms with van der Waals surface area (Å²) in [5.74, 6) is -0.290. The van der Waals surface area contributed by atoms with Crippen LogP contribution >= 0.6 is 27.7 Å². The molecule has 1 aliphatic rings. The molecule has 40 heavy (non-hydrogen) atoms. The summed E-state index contributed by atoms with van der Waals surface area (Å²) in [5, 5.41) is 13.2. The molecule has 4 rings (SSSR count). The zero-order valence-corrected chi connectivity index (χ0v) is 23.9. The van der Waals surface area contributed by atoms with Gasteiger partial charge in [0.2, 0.25) is 5.91 Å². The number of imide groups is 1. The first-order valence-electron chi connectivity index (χ1n) is 12.1. The highest BCUT2D eigenvalue weighted by Crippen LogP contribution is 2.38. The standard InChI is InChI=1S/C28H24BrN3O7S/c1-3-38-23-12-19(22(29)14-24(23)39-16-18-7-5-9-21(11-18)32(36)37)13-25-27(34)31(28(35)40-25)15-26(33)30-20-8-4-6-17(2)10-20/h4-14H,3,15-16H2,1-2H3,(H,30,33)/b25-13-. The fourth-order valence-corrected chi connectivity index (χ4v) is 5.07. The molecule has 0 aliphatic carbocycles. The monoisotopic (exact) mass is 625 g/mol. The van der Waals surface area contributed by atoms with Crippen LogP contribution < -0.4 is 14.8 Å². The number of carbonyl (C=O) groups is 3. The number of thioether (sulfide) groups is 1. The lowest BCUT2D eigenvalue weighted by Gasteiger charge is -2.14. The van der Waals surface area contributed by atoms with Gasteiger partial charge in [-0.05, 0) is 72.6 Å². The minimum absolute atomic E-state index is 0.0377. The molecule has 206 valence electrons. The number of halogens is 1. The number of nitro benzene ring substituents is 1. The first-order valence-corrected chi connectivity index (χ1v) is 13.7. The number of ether oxygens (including phenoxy) is 2. The van der Waals surface area contributed by atoms with Crippen LogP contribution in [0.5, 0.6) is 11.5 Å². The van der Waals surface area contributed by atoms with Crippen molar-refractivity contribution in [3.05, 3.63) is 96.8 Å². The summed E-state index contributed by atoms with van der Waals surface area (Å²) < 4.78 is 12.2. The van der Waals surface area contributed by atoms with Crippen LogP contribution in [0.2, 0.25) is 0 Å². The van der Waals surface area contributed by atoms with Crippen molar-refractivity contribution in [2.75, 3.05) is 18.5 Å². The molecule has 0 unspecified atom stereocenters. The molecule has 0 aromatic heterocycles. The zero-order chi connectivity index (χ0) is 28.8. The Balaban J connectivity index is 1.49. The van der Waals surface area contributed by atoms with Crippen molar-refractivity contribution in [2.45, 2.75) is 20.5 Å². The van der Waals surface area contributed by atoms with Gasteiger partial charge in [0.05, 0.1) is 16.4 Å². The van der Waals surface area contributed by atoms with Gasteiger partial charge in [0, 0.05) is 22.3 Å². The van der Waals surface area contributed by atoms with E-state index in [1.807, 2.05) is 13.0 Å². The van der Waals surface area contributed by atoms with Gasteiger partial charge in [0.15, 0.2) is 11.5 Å². The predicted octanol–water partition coefficient (Wildman–Crippen LogP) is 6.32. The largest absolute Gasteiger partial charge is 0.490 e. The molecular weight excluding hydrogens is 602 g/mol. The van der Waals surface area contributed by atoms with Gasteiger partial charge in [-0.15, -0.1) is 0 Å². The van der Waals surface area contributed by atoms with Crippen molar-refractivity contribution in [1.29, 1.82) is 0 Å². The molecule has 1 saturated heterocycles. The number of benzene rings is 3. The van der Waals surface area contributed by atoms with E-state index in [4.69, 9.17) is 9.47 Å². The second-order valence-corrected chi connectivity index (χ2v) is 10.5. The van der Waals surface area contributed by atoms with Gasteiger partial charge in [-0.2, -0.15) is 0 Å². The van der Waals surface area contributed by atoms with E-state index in [-0.39, 0.29) is 17.2 Å². The van der Waals surface area contributed by atoms with Crippen molar-refractivity contribution in [3.63, 3.8) is 0 Å². The summed E-state index contributed by atoms with van der Waals surface area (Å²) in [6.07, 6.45) is 1.54. The third-order valence-corrected chi connectivity index (χ3v) is 7.24. The van der Waals surface area contributed by atoms with Gasteiger partial charge in [-0.3, -0.25) is 29.4 Å². The average Bonchev–Trinajstić information content (AvgIpc) is 3.17. The van der Waals surface area contributed by atoms with E-state index in [2.05, 4.69) is 21.2 Å². The Morgan fingerprint density at radius 3 is 2.58 bits per heavy atom. The topological polar surface area (TPSA) is 128 Å². The number of carbonyl (C=O) groups excluding carboxylic acids is 3. The van der Waals surface area contributed by atoms with Crippen LogP contribution in [0, 0.1) is 17.0 Å². The van der Waals surface area contributed by atoms with Crippen LogP contribution in [-0.2, 0) is 16.2 Å². The number of anilines is 1. The van der Waals surface area contributed by atoms with Gasteiger partial charge in [0.1, 0.15) is 13.2 Å². The lowest BCUT2D eigenvalue weighted by Crippen LogP contribution is -2.36. The fourth-order valence-electron chi connectivity index (χ4n) is 3.81. The molecule has 1 fully saturated rings. The SMILES string of the molecule is CCOc1cc(/C=C2\SC(=O)N(CC(=O)Nc3cccc(C)c3)C2=O)c(Br)cc1OCc1cccc([N+](=O)[O-])c1. The minimum Gasteiger partial charge on any atom is -0.490 e. The third kappa shape index (κ3) is 7.07. The number of amides is 3. The summed E-state index contributed by atoms with van der Waals surface area (Å²) in [7, 11) is 0. The number of nitro groups is 1. The molecule has 0 spiro atoms. The summed E-state index contributed by atoms with van der Waals surface area (Å²) in [5.41, 5.74) is 2.67. The third-order valence-electron chi connectivity index (χ3n) is 5.64. The Labute approximate surface area is 242 Å². The van der Waals surface area contributed by atoms with E-state index in [0.29, 0.717) is 39.4 Å². The van der Waals surface area contributed by atoms with Crippen LogP contribution in [0.3, 0.4) is 0 Å². The minimum atomic E-state index is -0.578. The molecule has 10 nitrogen and oxygen atoms in total. The number of nitrogens with one attached hydrogen (secondary N) is 1. The molecule has 1 aliphatic heterocycles. The Morgan fingerprint density at radius 2 is 1.85 bits per heavy atom. The van der Waals surface area contributed by atoms with Gasteiger partial charge in [-0.25, -0.2) is 0 Å². The number of aryl methyl sites for hydroxylation is 1. The summed E-state index contributed by atoms with van der Waals surface area (Å²) in [4.78, 5) is 49.7. The predicted molar refractivity (Wildman–Crippen MR) is 155 cm³/mol. The molecule has 1 N–H and O–H groups in total. The van der Waals surface area contributed by atoms with Crippen LogP contribution in [0.1, 0.15) is 23.6 Å². The maximum Gasteiger partial charge on any atom is 0.294 e. The number of rotatable bonds is 10. The molecule has 1 heterocycles. The first kappa shape index (κ1) is 28.8. The lowest BCUT2D eigenvalue weighted by molar-refractivity contribution is -0.384. The molecule has 0 saturated carbocycles.